The van der Waals surface area contributed by atoms with E-state index in [9.17, 15) is 4.79 Å². The number of pyridine rings is 1. The minimum absolute atomic E-state index is 0.0993. The van der Waals surface area contributed by atoms with Gasteiger partial charge in [-0.2, -0.15) is 4.98 Å². The Morgan fingerprint density at radius 2 is 1.91 bits per heavy atom. The van der Waals surface area contributed by atoms with Gasteiger partial charge in [0.15, 0.2) is 0 Å². The lowest BCUT2D eigenvalue weighted by Gasteiger charge is -2.33. The molecule has 3 aromatic heterocycles. The smallest absolute Gasteiger partial charge is 0.241 e. The highest BCUT2D eigenvalue weighted by molar-refractivity contribution is 7.13. The Morgan fingerprint density at radius 3 is 2.65 bits per heavy atom. The second kappa shape index (κ2) is 10.1. The summed E-state index contributed by atoms with van der Waals surface area (Å²) in [4.78, 5) is 30.2. The van der Waals surface area contributed by atoms with Gasteiger partial charge in [-0.15, -0.1) is 11.3 Å². The third kappa shape index (κ3) is 5.13. The third-order valence-corrected chi connectivity index (χ3v) is 6.63. The van der Waals surface area contributed by atoms with Crippen molar-refractivity contribution >= 4 is 17.2 Å². The van der Waals surface area contributed by atoms with Gasteiger partial charge in [0.2, 0.25) is 17.6 Å². The van der Waals surface area contributed by atoms with E-state index in [1.807, 2.05) is 46.7 Å². The van der Waals surface area contributed by atoms with Crippen LogP contribution in [0.1, 0.15) is 11.6 Å². The van der Waals surface area contributed by atoms with Gasteiger partial charge in [0.1, 0.15) is 10.8 Å². The Bertz CT molecular complexity index is 1230. The molecule has 0 spiro atoms. The van der Waals surface area contributed by atoms with Crippen molar-refractivity contribution in [2.45, 2.75) is 13.0 Å². The van der Waals surface area contributed by atoms with Gasteiger partial charge in [-0.05, 0) is 36.4 Å². The molecule has 1 amide bonds. The Morgan fingerprint density at radius 1 is 1.09 bits per heavy atom. The molecule has 34 heavy (non-hydrogen) atoms. The van der Waals surface area contributed by atoms with Crippen LogP contribution in [-0.2, 0) is 17.8 Å². The molecule has 0 bridgehead atoms. The number of piperazine rings is 1. The van der Waals surface area contributed by atoms with Gasteiger partial charge in [0, 0.05) is 55.1 Å². The van der Waals surface area contributed by atoms with Crippen LogP contribution >= 0.6 is 11.3 Å². The molecule has 0 radical (unpaired) electrons. The number of carbonyl (C=O) groups is 1. The largest absolute Gasteiger partial charge is 0.497 e. The number of thiazole rings is 1. The van der Waals surface area contributed by atoms with E-state index in [1.54, 1.807) is 19.5 Å². The highest BCUT2D eigenvalue weighted by Crippen LogP contribution is 2.23. The van der Waals surface area contributed by atoms with E-state index < -0.39 is 0 Å². The molecule has 1 aliphatic rings. The zero-order valence-corrected chi connectivity index (χ0v) is 19.6. The Labute approximate surface area is 201 Å². The molecule has 0 unspecified atom stereocenters. The average molecular weight is 477 g/mol. The fraction of sp³-hybridized carbons (Fsp3) is 0.292. The fourth-order valence-electron chi connectivity index (χ4n) is 3.80. The van der Waals surface area contributed by atoms with E-state index in [1.165, 1.54) is 11.3 Å². The van der Waals surface area contributed by atoms with E-state index in [4.69, 9.17) is 9.26 Å². The molecule has 1 aromatic carbocycles. The number of benzene rings is 1. The monoisotopic (exact) mass is 476 g/mol. The summed E-state index contributed by atoms with van der Waals surface area (Å²) in [7, 11) is 1.63. The normalized spacial score (nSPS) is 14.3. The molecule has 0 atom stereocenters. The first-order valence-electron chi connectivity index (χ1n) is 11.0. The number of ether oxygens (including phenoxy) is 1. The maximum atomic E-state index is 12.8. The van der Waals surface area contributed by atoms with Gasteiger partial charge in [0.25, 0.3) is 0 Å². The van der Waals surface area contributed by atoms with Crippen LogP contribution in [0.15, 0.2) is 58.7 Å². The van der Waals surface area contributed by atoms with Crippen molar-refractivity contribution in [3.05, 3.63) is 65.8 Å². The molecular formula is C24H24N6O3S. The van der Waals surface area contributed by atoms with Crippen molar-refractivity contribution in [2.75, 3.05) is 33.3 Å². The van der Waals surface area contributed by atoms with E-state index in [-0.39, 0.29) is 5.91 Å². The molecular weight excluding hydrogens is 452 g/mol. The molecule has 1 aliphatic heterocycles. The van der Waals surface area contributed by atoms with Crippen LogP contribution < -0.4 is 4.74 Å². The number of aromatic nitrogens is 4. The second-order valence-electron chi connectivity index (χ2n) is 7.96. The van der Waals surface area contributed by atoms with Crippen LogP contribution in [0.4, 0.5) is 0 Å². The molecule has 174 valence electrons. The summed E-state index contributed by atoms with van der Waals surface area (Å²) in [5.74, 6) is 2.00. The molecule has 1 saturated heterocycles. The van der Waals surface area contributed by atoms with Crippen molar-refractivity contribution in [1.82, 2.24) is 29.9 Å². The lowest BCUT2D eigenvalue weighted by molar-refractivity contribution is -0.132. The van der Waals surface area contributed by atoms with Gasteiger partial charge >= 0.3 is 0 Å². The molecule has 4 heterocycles. The summed E-state index contributed by atoms with van der Waals surface area (Å²) in [5.41, 5.74) is 2.64. The van der Waals surface area contributed by atoms with Crippen LogP contribution in [-0.4, -0.2) is 69.1 Å². The minimum Gasteiger partial charge on any atom is -0.497 e. The van der Waals surface area contributed by atoms with Crippen LogP contribution in [0.3, 0.4) is 0 Å². The quantitative estimate of drug-likeness (QED) is 0.401. The number of carbonyl (C=O) groups excluding carboxylic acids is 1. The van der Waals surface area contributed by atoms with Gasteiger partial charge in [-0.25, -0.2) is 4.98 Å². The molecule has 0 aliphatic carbocycles. The second-order valence-corrected chi connectivity index (χ2v) is 8.82. The Hall–Kier alpha value is -3.63. The van der Waals surface area contributed by atoms with Gasteiger partial charge in [0.05, 0.1) is 25.8 Å². The summed E-state index contributed by atoms with van der Waals surface area (Å²) in [6.07, 6.45) is 3.83. The Kier molecular flexibility index (Phi) is 6.59. The van der Waals surface area contributed by atoms with Crippen molar-refractivity contribution < 1.29 is 14.1 Å². The molecule has 0 saturated carbocycles. The number of methoxy groups -OCH3 is 1. The summed E-state index contributed by atoms with van der Waals surface area (Å²) in [5, 5.41) is 6.93. The van der Waals surface area contributed by atoms with Crippen LogP contribution in [0.2, 0.25) is 0 Å². The standard InChI is InChI=1S/C24H24N6O3S/c1-32-20-6-4-17(5-7-20)23-27-21(33-28-23)15-29-9-11-30(12-10-29)22(31)13-19-16-34-24(26-19)18-3-2-8-25-14-18/h2-8,14,16H,9-13,15H2,1H3. The van der Waals surface area contributed by atoms with Crippen molar-refractivity contribution in [3.8, 4) is 27.7 Å². The first-order valence-corrected chi connectivity index (χ1v) is 11.9. The predicted molar refractivity (Wildman–Crippen MR) is 127 cm³/mol. The first kappa shape index (κ1) is 22.2. The molecule has 10 heteroatoms. The molecule has 4 aromatic rings. The number of rotatable bonds is 7. The van der Waals surface area contributed by atoms with Crippen molar-refractivity contribution in [2.24, 2.45) is 0 Å². The Balaban J connectivity index is 1.11. The van der Waals surface area contributed by atoms with Crippen molar-refractivity contribution in [3.63, 3.8) is 0 Å². The number of hydrogen-bond acceptors (Lipinski definition) is 9. The summed E-state index contributed by atoms with van der Waals surface area (Å²) in [6.45, 7) is 3.40. The highest BCUT2D eigenvalue weighted by Gasteiger charge is 2.23. The van der Waals surface area contributed by atoms with Crippen LogP contribution in [0.25, 0.3) is 22.0 Å². The third-order valence-electron chi connectivity index (χ3n) is 5.69. The molecule has 5 rings (SSSR count). The molecule has 1 fully saturated rings. The van der Waals surface area contributed by atoms with Crippen LogP contribution in [0.5, 0.6) is 5.75 Å². The summed E-state index contributed by atoms with van der Waals surface area (Å²) in [6, 6.07) is 11.4. The predicted octanol–water partition coefficient (Wildman–Crippen LogP) is 3.15. The minimum atomic E-state index is 0.0993. The van der Waals surface area contributed by atoms with E-state index in [0.29, 0.717) is 37.8 Å². The van der Waals surface area contributed by atoms with E-state index in [0.717, 1.165) is 40.7 Å². The van der Waals surface area contributed by atoms with Gasteiger partial charge < -0.3 is 14.2 Å². The zero-order valence-electron chi connectivity index (χ0n) is 18.8. The SMILES string of the molecule is COc1ccc(-c2noc(CN3CCN(C(=O)Cc4csc(-c5cccnc5)n4)CC3)n2)cc1. The lowest BCUT2D eigenvalue weighted by Crippen LogP contribution is -2.48. The highest BCUT2D eigenvalue weighted by atomic mass is 32.1. The van der Waals surface area contributed by atoms with Crippen molar-refractivity contribution in [1.29, 1.82) is 0 Å². The molecule has 9 nitrogen and oxygen atoms in total. The number of hydrogen-bond donors (Lipinski definition) is 0. The summed E-state index contributed by atoms with van der Waals surface area (Å²) >= 11 is 1.54. The molecule has 0 N–H and O–H groups in total. The van der Waals surface area contributed by atoms with Gasteiger partial charge in [-0.3, -0.25) is 14.7 Å². The number of amides is 1. The maximum Gasteiger partial charge on any atom is 0.241 e. The average Bonchev–Trinajstić information content (AvgIpc) is 3.55. The number of nitrogens with zero attached hydrogens (tertiary/aromatic N) is 6. The van der Waals surface area contributed by atoms with E-state index >= 15 is 0 Å². The first-order chi connectivity index (χ1) is 16.7. The van der Waals surface area contributed by atoms with E-state index in [2.05, 4.69) is 25.0 Å². The van der Waals surface area contributed by atoms with Crippen LogP contribution in [0, 0.1) is 0 Å². The fourth-order valence-corrected chi connectivity index (χ4v) is 4.61. The van der Waals surface area contributed by atoms with Gasteiger partial charge in [-0.1, -0.05) is 5.16 Å². The maximum absolute atomic E-state index is 12.8. The lowest BCUT2D eigenvalue weighted by atomic mass is 10.2. The topological polar surface area (TPSA) is 97.5 Å². The zero-order chi connectivity index (χ0) is 23.3. The summed E-state index contributed by atoms with van der Waals surface area (Å²) < 4.78 is 10.6.